The molecule has 0 aliphatic carbocycles. The number of hydroxylamine groups is 4. The van der Waals surface area contributed by atoms with Crippen LogP contribution < -0.4 is 10.6 Å². The van der Waals surface area contributed by atoms with E-state index in [9.17, 15) is 9.59 Å². The summed E-state index contributed by atoms with van der Waals surface area (Å²) in [6, 6.07) is -0.897. The molecule has 0 heterocycles. The van der Waals surface area contributed by atoms with Crippen molar-refractivity contribution in [1.82, 2.24) is 20.8 Å². The fourth-order valence-corrected chi connectivity index (χ4v) is 0.573. The normalized spacial score (nSPS) is 8.92. The highest BCUT2D eigenvalue weighted by atomic mass is 16.8. The molecule has 0 bridgehead atoms. The molecule has 7 nitrogen and oxygen atoms in total. The van der Waals surface area contributed by atoms with E-state index in [1.54, 1.807) is 0 Å². The van der Waals surface area contributed by atoms with Crippen LogP contribution in [-0.4, -0.2) is 50.4 Å². The number of hydrogen-bond acceptors (Lipinski definition) is 3. The predicted octanol–water partition coefficient (Wildman–Crippen LogP) is -0.625. The first kappa shape index (κ1) is 11.5. The third-order valence-electron chi connectivity index (χ3n) is 1.24. The lowest BCUT2D eigenvalue weighted by molar-refractivity contribution is -0.246. The van der Waals surface area contributed by atoms with Gasteiger partial charge in [-0.25, -0.2) is 9.59 Å². The van der Waals surface area contributed by atoms with Crippen molar-refractivity contribution in [3.05, 3.63) is 0 Å². The summed E-state index contributed by atoms with van der Waals surface area (Å²) in [5, 5.41) is 6.46. The van der Waals surface area contributed by atoms with Crippen LogP contribution in [0.1, 0.15) is 0 Å². The molecule has 0 aliphatic heterocycles. The van der Waals surface area contributed by atoms with E-state index in [0.29, 0.717) is 0 Å². The Morgan fingerprint density at radius 1 is 1.00 bits per heavy atom. The van der Waals surface area contributed by atoms with Crippen LogP contribution in [0.3, 0.4) is 0 Å². The van der Waals surface area contributed by atoms with Gasteiger partial charge < -0.3 is 10.6 Å². The van der Waals surface area contributed by atoms with E-state index in [1.165, 1.54) is 28.2 Å². The van der Waals surface area contributed by atoms with E-state index in [1.807, 2.05) is 0 Å². The molecule has 0 unspecified atom stereocenters. The summed E-state index contributed by atoms with van der Waals surface area (Å²) in [4.78, 5) is 26.6. The molecule has 0 atom stereocenters. The number of rotatable bonds is 2. The van der Waals surface area contributed by atoms with Crippen LogP contribution in [0.5, 0.6) is 0 Å². The van der Waals surface area contributed by atoms with Gasteiger partial charge in [-0.2, -0.15) is 10.1 Å². The summed E-state index contributed by atoms with van der Waals surface area (Å²) in [7, 11) is 5.70. The molecule has 0 aliphatic rings. The highest BCUT2D eigenvalue weighted by molar-refractivity contribution is 5.74. The van der Waals surface area contributed by atoms with Crippen molar-refractivity contribution < 1.29 is 14.5 Å². The Balaban J connectivity index is 3.98. The van der Waals surface area contributed by atoms with Crippen LogP contribution in [-0.2, 0) is 4.94 Å². The fourth-order valence-electron chi connectivity index (χ4n) is 0.573. The van der Waals surface area contributed by atoms with Crippen molar-refractivity contribution >= 4 is 12.1 Å². The van der Waals surface area contributed by atoms with E-state index >= 15 is 0 Å². The van der Waals surface area contributed by atoms with E-state index in [4.69, 9.17) is 4.94 Å². The van der Waals surface area contributed by atoms with Crippen molar-refractivity contribution in [2.45, 2.75) is 0 Å². The largest absolute Gasteiger partial charge is 0.342 e. The van der Waals surface area contributed by atoms with Gasteiger partial charge in [0.1, 0.15) is 0 Å². The Kier molecular flexibility index (Phi) is 4.60. The molecule has 0 spiro atoms. The minimum absolute atomic E-state index is 0.448. The van der Waals surface area contributed by atoms with Crippen LogP contribution in [0.4, 0.5) is 9.59 Å². The lowest BCUT2D eigenvalue weighted by atomic mass is 10.9. The van der Waals surface area contributed by atoms with Gasteiger partial charge in [-0.3, -0.25) is 0 Å². The summed E-state index contributed by atoms with van der Waals surface area (Å²) in [5.41, 5.74) is 0. The SMILES string of the molecule is CNC(=O)N(C)ON(C)C(=O)NC. The van der Waals surface area contributed by atoms with Crippen LogP contribution in [0.2, 0.25) is 0 Å². The maximum absolute atomic E-state index is 10.9. The number of hydrogen-bond donors (Lipinski definition) is 2. The zero-order valence-electron chi connectivity index (χ0n) is 8.12. The third-order valence-corrected chi connectivity index (χ3v) is 1.24. The zero-order valence-corrected chi connectivity index (χ0v) is 8.12. The van der Waals surface area contributed by atoms with Crippen molar-refractivity contribution in [3.63, 3.8) is 0 Å². The topological polar surface area (TPSA) is 73.9 Å². The van der Waals surface area contributed by atoms with Gasteiger partial charge in [0.05, 0.1) is 0 Å². The van der Waals surface area contributed by atoms with Crippen LogP contribution in [0, 0.1) is 0 Å². The lowest BCUT2D eigenvalue weighted by Crippen LogP contribution is -2.44. The molecule has 2 N–H and O–H groups in total. The second-order valence-electron chi connectivity index (χ2n) is 2.19. The van der Waals surface area contributed by atoms with E-state index < -0.39 is 12.1 Å². The number of urea groups is 2. The molecule has 0 saturated heterocycles. The van der Waals surface area contributed by atoms with Gasteiger partial charge >= 0.3 is 12.1 Å². The molecule has 76 valence electrons. The maximum Gasteiger partial charge on any atom is 0.342 e. The van der Waals surface area contributed by atoms with E-state index in [-0.39, 0.29) is 0 Å². The minimum Gasteiger partial charge on any atom is -0.339 e. The van der Waals surface area contributed by atoms with Crippen LogP contribution in [0.15, 0.2) is 0 Å². The standard InChI is InChI=1S/C6H14N4O3/c1-7-5(11)9(3)13-10(4)6(12)8-2/h1-4H3,(H,7,11)(H,8,12). The second kappa shape index (κ2) is 5.20. The van der Waals surface area contributed by atoms with Gasteiger partial charge in [-0.15, -0.1) is 4.94 Å². The highest BCUT2D eigenvalue weighted by Gasteiger charge is 2.13. The Bertz CT molecular complexity index is 176. The van der Waals surface area contributed by atoms with Crippen LogP contribution in [0.25, 0.3) is 0 Å². The molecule has 0 aromatic heterocycles. The molecule has 0 aromatic carbocycles. The first-order chi connectivity index (χ1) is 6.02. The Morgan fingerprint density at radius 3 is 1.54 bits per heavy atom. The van der Waals surface area contributed by atoms with Gasteiger partial charge in [-0.05, 0) is 0 Å². The second-order valence-corrected chi connectivity index (χ2v) is 2.19. The van der Waals surface area contributed by atoms with Gasteiger partial charge in [-0.1, -0.05) is 0 Å². The molecule has 0 fully saturated rings. The molecule has 0 radical (unpaired) electrons. The first-order valence-electron chi connectivity index (χ1n) is 3.62. The molecular formula is C6H14N4O3. The summed E-state index contributed by atoms with van der Waals surface area (Å²) < 4.78 is 0. The number of carbonyl (C=O) groups excluding carboxylic acids is 2. The predicted molar refractivity (Wildman–Crippen MR) is 45.5 cm³/mol. The van der Waals surface area contributed by atoms with Gasteiger partial charge in [0.15, 0.2) is 0 Å². The van der Waals surface area contributed by atoms with Crippen molar-refractivity contribution in [3.8, 4) is 0 Å². The molecule has 4 amide bonds. The number of carbonyl (C=O) groups is 2. The van der Waals surface area contributed by atoms with Crippen LogP contribution >= 0.6 is 0 Å². The van der Waals surface area contributed by atoms with Crippen molar-refractivity contribution in [1.29, 1.82) is 0 Å². The fraction of sp³-hybridized carbons (Fsp3) is 0.667. The van der Waals surface area contributed by atoms with E-state index in [0.717, 1.165) is 10.1 Å². The minimum atomic E-state index is -0.448. The summed E-state index contributed by atoms with van der Waals surface area (Å²) in [6.07, 6.45) is 0. The van der Waals surface area contributed by atoms with Crippen molar-refractivity contribution in [2.75, 3.05) is 28.2 Å². The number of nitrogens with one attached hydrogen (secondary N) is 2. The summed E-state index contributed by atoms with van der Waals surface area (Å²) >= 11 is 0. The van der Waals surface area contributed by atoms with Gasteiger partial charge in [0.2, 0.25) is 0 Å². The lowest BCUT2D eigenvalue weighted by Gasteiger charge is -2.21. The van der Waals surface area contributed by atoms with E-state index in [2.05, 4.69) is 10.6 Å². The maximum atomic E-state index is 10.9. The Hall–Kier alpha value is -1.50. The summed E-state index contributed by atoms with van der Waals surface area (Å²) in [6.45, 7) is 0. The Labute approximate surface area is 76.5 Å². The molecule has 0 saturated carbocycles. The average molecular weight is 190 g/mol. The molecule has 0 rings (SSSR count). The molecule has 7 heteroatoms. The van der Waals surface area contributed by atoms with Crippen molar-refractivity contribution in [2.24, 2.45) is 0 Å². The van der Waals surface area contributed by atoms with Gasteiger partial charge in [0.25, 0.3) is 0 Å². The number of amides is 4. The quantitative estimate of drug-likeness (QED) is 0.570. The third kappa shape index (κ3) is 3.61. The molecule has 13 heavy (non-hydrogen) atoms. The number of nitrogens with zero attached hydrogens (tertiary/aromatic N) is 2. The Morgan fingerprint density at radius 2 is 1.31 bits per heavy atom. The molecular weight excluding hydrogens is 176 g/mol. The molecule has 0 aromatic rings. The average Bonchev–Trinajstić information content (AvgIpc) is 2.14. The monoisotopic (exact) mass is 190 g/mol. The first-order valence-corrected chi connectivity index (χ1v) is 3.62. The van der Waals surface area contributed by atoms with Gasteiger partial charge in [0, 0.05) is 28.2 Å². The smallest absolute Gasteiger partial charge is 0.339 e. The highest BCUT2D eigenvalue weighted by Crippen LogP contribution is 1.91. The summed E-state index contributed by atoms with van der Waals surface area (Å²) in [5.74, 6) is 0. The zero-order chi connectivity index (χ0) is 10.4.